The predicted molar refractivity (Wildman–Crippen MR) is 65.9 cm³/mol. The molecule has 0 saturated carbocycles. The van der Waals surface area contributed by atoms with E-state index in [2.05, 4.69) is 6.92 Å². The molecule has 1 rings (SSSR count). The molecule has 1 aromatic rings. The molecule has 0 saturated heterocycles. The van der Waals surface area contributed by atoms with Crippen LogP contribution in [0.5, 0.6) is 5.75 Å². The van der Waals surface area contributed by atoms with Crippen LogP contribution in [-0.4, -0.2) is 5.11 Å². The molecular weight excluding hydrogens is 208 g/mol. The van der Waals surface area contributed by atoms with Crippen molar-refractivity contribution in [2.75, 3.05) is 0 Å². The van der Waals surface area contributed by atoms with Crippen molar-refractivity contribution >= 4 is 11.6 Å². The van der Waals surface area contributed by atoms with Crippen LogP contribution >= 0.6 is 11.6 Å². The zero-order valence-corrected chi connectivity index (χ0v) is 10.7. The van der Waals surface area contributed by atoms with E-state index in [-0.39, 0.29) is 0 Å². The molecule has 0 aliphatic carbocycles. The van der Waals surface area contributed by atoms with Gasteiger partial charge in [0.1, 0.15) is 5.75 Å². The number of hydrogen-bond donors (Lipinski definition) is 1. The highest BCUT2D eigenvalue weighted by molar-refractivity contribution is 6.32. The second-order valence-corrected chi connectivity index (χ2v) is 4.50. The Hall–Kier alpha value is -0.690. The van der Waals surface area contributed by atoms with E-state index in [0.717, 1.165) is 36.0 Å². The van der Waals surface area contributed by atoms with E-state index in [1.165, 1.54) is 5.56 Å². The lowest BCUT2D eigenvalue weighted by Gasteiger charge is -2.15. The van der Waals surface area contributed by atoms with Gasteiger partial charge in [0.2, 0.25) is 0 Å². The van der Waals surface area contributed by atoms with Crippen molar-refractivity contribution in [3.8, 4) is 5.75 Å². The SMILES string of the molecule is CCCCc1c(C)c(O)c(C)c(Cl)c1C. The highest BCUT2D eigenvalue weighted by Crippen LogP contribution is 2.35. The normalized spacial score (nSPS) is 10.7. The van der Waals surface area contributed by atoms with Crippen LogP contribution in [0.4, 0.5) is 0 Å². The Morgan fingerprint density at radius 3 is 2.20 bits per heavy atom. The number of phenolic OH excluding ortho intramolecular Hbond substituents is 1. The minimum atomic E-state index is 0.358. The van der Waals surface area contributed by atoms with Gasteiger partial charge in [0, 0.05) is 5.56 Å². The van der Waals surface area contributed by atoms with Gasteiger partial charge in [-0.3, -0.25) is 0 Å². The maximum Gasteiger partial charge on any atom is 0.123 e. The van der Waals surface area contributed by atoms with E-state index in [1.807, 2.05) is 20.8 Å². The summed E-state index contributed by atoms with van der Waals surface area (Å²) in [6, 6.07) is 0. The van der Waals surface area contributed by atoms with Gasteiger partial charge in [-0.2, -0.15) is 0 Å². The minimum absolute atomic E-state index is 0.358. The summed E-state index contributed by atoms with van der Waals surface area (Å²) in [4.78, 5) is 0. The van der Waals surface area contributed by atoms with Crippen molar-refractivity contribution in [2.24, 2.45) is 0 Å². The van der Waals surface area contributed by atoms with Crippen molar-refractivity contribution in [1.29, 1.82) is 0 Å². The molecule has 0 aromatic heterocycles. The lowest BCUT2D eigenvalue weighted by Crippen LogP contribution is -1.98. The summed E-state index contributed by atoms with van der Waals surface area (Å²) in [5.41, 5.74) is 4.12. The second kappa shape index (κ2) is 4.89. The largest absolute Gasteiger partial charge is 0.507 e. The van der Waals surface area contributed by atoms with Crippen LogP contribution in [0.15, 0.2) is 0 Å². The molecule has 0 aliphatic heterocycles. The number of rotatable bonds is 3. The van der Waals surface area contributed by atoms with Crippen molar-refractivity contribution in [1.82, 2.24) is 0 Å². The van der Waals surface area contributed by atoms with Crippen LogP contribution in [0.3, 0.4) is 0 Å². The molecule has 0 spiro atoms. The minimum Gasteiger partial charge on any atom is -0.507 e. The Bertz CT molecular complexity index is 340. The lowest BCUT2D eigenvalue weighted by atomic mass is 9.94. The Labute approximate surface area is 97.1 Å². The summed E-state index contributed by atoms with van der Waals surface area (Å²) in [5, 5.41) is 10.6. The third kappa shape index (κ3) is 2.28. The molecule has 0 atom stereocenters. The molecule has 0 fully saturated rings. The van der Waals surface area contributed by atoms with Gasteiger partial charge in [0.05, 0.1) is 5.02 Å². The zero-order valence-electron chi connectivity index (χ0n) is 9.95. The van der Waals surface area contributed by atoms with Crippen LogP contribution in [0, 0.1) is 20.8 Å². The molecule has 1 N–H and O–H groups in total. The quantitative estimate of drug-likeness (QED) is 0.814. The summed E-state index contributed by atoms with van der Waals surface area (Å²) in [6.45, 7) is 8.03. The second-order valence-electron chi connectivity index (χ2n) is 4.12. The van der Waals surface area contributed by atoms with Crippen molar-refractivity contribution in [2.45, 2.75) is 47.0 Å². The predicted octanol–water partition coefficient (Wildman–Crippen LogP) is 4.31. The highest BCUT2D eigenvalue weighted by Gasteiger charge is 2.14. The summed E-state index contributed by atoms with van der Waals surface area (Å²) in [6.07, 6.45) is 3.30. The topological polar surface area (TPSA) is 20.2 Å². The first-order valence-corrected chi connectivity index (χ1v) is 5.85. The smallest absolute Gasteiger partial charge is 0.123 e. The summed E-state index contributed by atoms with van der Waals surface area (Å²) >= 11 is 6.18. The number of phenols is 1. The first kappa shape index (κ1) is 12.4. The first-order valence-electron chi connectivity index (χ1n) is 5.47. The summed E-state index contributed by atoms with van der Waals surface area (Å²) < 4.78 is 0. The molecule has 84 valence electrons. The van der Waals surface area contributed by atoms with Crippen LogP contribution in [0.1, 0.15) is 42.0 Å². The van der Waals surface area contributed by atoms with Gasteiger partial charge in [-0.05, 0) is 50.3 Å². The van der Waals surface area contributed by atoms with Gasteiger partial charge in [-0.25, -0.2) is 0 Å². The van der Waals surface area contributed by atoms with Crippen LogP contribution < -0.4 is 0 Å². The lowest BCUT2D eigenvalue weighted by molar-refractivity contribution is 0.465. The average Bonchev–Trinajstić information content (AvgIpc) is 2.24. The number of benzene rings is 1. The fourth-order valence-corrected chi connectivity index (χ4v) is 2.16. The van der Waals surface area contributed by atoms with E-state index in [1.54, 1.807) is 0 Å². The molecule has 0 unspecified atom stereocenters. The van der Waals surface area contributed by atoms with E-state index in [0.29, 0.717) is 10.8 Å². The Kier molecular flexibility index (Phi) is 4.04. The van der Waals surface area contributed by atoms with Crippen molar-refractivity contribution in [3.05, 3.63) is 27.3 Å². The number of unbranched alkanes of at least 4 members (excludes halogenated alkanes) is 1. The van der Waals surface area contributed by atoms with Gasteiger partial charge in [0.25, 0.3) is 0 Å². The average molecular weight is 227 g/mol. The maximum absolute atomic E-state index is 9.91. The van der Waals surface area contributed by atoms with Crippen LogP contribution in [-0.2, 0) is 6.42 Å². The first-order chi connectivity index (χ1) is 7.00. The highest BCUT2D eigenvalue weighted by atomic mass is 35.5. The number of halogens is 1. The van der Waals surface area contributed by atoms with Crippen molar-refractivity contribution in [3.63, 3.8) is 0 Å². The Morgan fingerprint density at radius 2 is 1.67 bits per heavy atom. The Morgan fingerprint density at radius 1 is 1.07 bits per heavy atom. The molecule has 0 aliphatic rings. The van der Waals surface area contributed by atoms with Crippen LogP contribution in [0.25, 0.3) is 0 Å². The monoisotopic (exact) mass is 226 g/mol. The van der Waals surface area contributed by atoms with Gasteiger partial charge in [-0.1, -0.05) is 24.9 Å². The van der Waals surface area contributed by atoms with E-state index in [4.69, 9.17) is 11.6 Å². The molecule has 2 heteroatoms. The van der Waals surface area contributed by atoms with E-state index >= 15 is 0 Å². The van der Waals surface area contributed by atoms with Crippen LogP contribution in [0.2, 0.25) is 5.02 Å². The standard InChI is InChI=1S/C13H19ClO/c1-5-6-7-11-8(2)12(14)10(4)13(15)9(11)3/h15H,5-7H2,1-4H3. The van der Waals surface area contributed by atoms with E-state index < -0.39 is 0 Å². The van der Waals surface area contributed by atoms with Gasteiger partial charge in [0.15, 0.2) is 0 Å². The van der Waals surface area contributed by atoms with Gasteiger partial charge < -0.3 is 5.11 Å². The fraction of sp³-hybridized carbons (Fsp3) is 0.538. The van der Waals surface area contributed by atoms with Crippen molar-refractivity contribution < 1.29 is 5.11 Å². The molecule has 15 heavy (non-hydrogen) atoms. The van der Waals surface area contributed by atoms with Gasteiger partial charge in [-0.15, -0.1) is 0 Å². The Balaban J connectivity index is 3.26. The molecule has 0 heterocycles. The molecular formula is C13H19ClO. The number of aromatic hydroxyl groups is 1. The van der Waals surface area contributed by atoms with E-state index in [9.17, 15) is 5.11 Å². The zero-order chi connectivity index (χ0) is 11.6. The molecule has 0 radical (unpaired) electrons. The fourth-order valence-electron chi connectivity index (χ4n) is 1.95. The number of hydrogen-bond acceptors (Lipinski definition) is 1. The third-order valence-corrected chi connectivity index (χ3v) is 3.62. The van der Waals surface area contributed by atoms with Gasteiger partial charge >= 0.3 is 0 Å². The maximum atomic E-state index is 9.91. The molecule has 1 aromatic carbocycles. The molecule has 0 bridgehead atoms. The third-order valence-electron chi connectivity index (χ3n) is 3.05. The molecule has 0 amide bonds. The molecule has 1 nitrogen and oxygen atoms in total. The summed E-state index contributed by atoms with van der Waals surface area (Å²) in [7, 11) is 0. The summed E-state index contributed by atoms with van der Waals surface area (Å²) in [5.74, 6) is 0.358.